The van der Waals surface area contributed by atoms with E-state index in [9.17, 15) is 17.6 Å². The molecule has 2 unspecified atom stereocenters. The van der Waals surface area contributed by atoms with E-state index in [2.05, 4.69) is 5.32 Å². The van der Waals surface area contributed by atoms with Crippen molar-refractivity contribution in [1.29, 1.82) is 0 Å². The second-order valence-corrected chi connectivity index (χ2v) is 7.99. The summed E-state index contributed by atoms with van der Waals surface area (Å²) >= 11 is 0. The van der Waals surface area contributed by atoms with Crippen molar-refractivity contribution in [3.05, 3.63) is 35.6 Å². The number of benzene rings is 1. The number of carbonyl (C=O) groups is 1. The highest BCUT2D eigenvalue weighted by molar-refractivity contribution is 7.88. The zero-order valence-corrected chi connectivity index (χ0v) is 13.1. The van der Waals surface area contributed by atoms with Crippen molar-refractivity contribution in [2.24, 2.45) is 0 Å². The summed E-state index contributed by atoms with van der Waals surface area (Å²) in [7, 11) is -3.21. The van der Waals surface area contributed by atoms with E-state index in [4.69, 9.17) is 0 Å². The summed E-state index contributed by atoms with van der Waals surface area (Å²) in [6.07, 6.45) is 4.05. The van der Waals surface area contributed by atoms with Gasteiger partial charge in [-0.3, -0.25) is 4.79 Å². The van der Waals surface area contributed by atoms with Gasteiger partial charge in [0.1, 0.15) is 5.82 Å². The predicted octanol–water partition coefficient (Wildman–Crippen LogP) is 1.51. The average Bonchev–Trinajstić information content (AvgIpc) is 2.72. The van der Waals surface area contributed by atoms with Crippen molar-refractivity contribution in [2.45, 2.75) is 43.8 Å². The SMILES string of the molecule is CS(=O)(=O)N1C2CCC1CC(NC(=O)c1ccccc1F)C2. The van der Waals surface area contributed by atoms with E-state index >= 15 is 0 Å². The molecule has 1 amide bonds. The monoisotopic (exact) mass is 326 g/mol. The summed E-state index contributed by atoms with van der Waals surface area (Å²) in [6.45, 7) is 0. The maximum Gasteiger partial charge on any atom is 0.254 e. The number of sulfonamides is 1. The number of nitrogens with one attached hydrogen (secondary N) is 1. The smallest absolute Gasteiger partial charge is 0.254 e. The van der Waals surface area contributed by atoms with Crippen LogP contribution in [-0.2, 0) is 10.0 Å². The van der Waals surface area contributed by atoms with Crippen molar-refractivity contribution in [3.8, 4) is 0 Å². The maximum atomic E-state index is 13.6. The molecule has 1 aromatic rings. The molecule has 2 aliphatic rings. The number of halogens is 1. The lowest BCUT2D eigenvalue weighted by atomic mass is 9.99. The number of piperidine rings is 1. The van der Waals surface area contributed by atoms with Crippen LogP contribution < -0.4 is 5.32 Å². The average molecular weight is 326 g/mol. The van der Waals surface area contributed by atoms with E-state index in [1.165, 1.54) is 24.5 Å². The zero-order valence-electron chi connectivity index (χ0n) is 12.3. The van der Waals surface area contributed by atoms with E-state index in [0.29, 0.717) is 12.8 Å². The van der Waals surface area contributed by atoms with Crippen molar-refractivity contribution < 1.29 is 17.6 Å². The van der Waals surface area contributed by atoms with Crippen LogP contribution in [-0.4, -0.2) is 43.0 Å². The first kappa shape index (κ1) is 15.4. The highest BCUT2D eigenvalue weighted by Crippen LogP contribution is 2.37. The second kappa shape index (κ2) is 5.62. The lowest BCUT2D eigenvalue weighted by Crippen LogP contribution is -2.52. The normalized spacial score (nSPS) is 28.5. The summed E-state index contributed by atoms with van der Waals surface area (Å²) < 4.78 is 38.9. The summed E-state index contributed by atoms with van der Waals surface area (Å²) in [5, 5.41) is 2.85. The minimum absolute atomic E-state index is 0.0281. The molecule has 0 aromatic heterocycles. The number of rotatable bonds is 3. The summed E-state index contributed by atoms with van der Waals surface area (Å²) in [5.74, 6) is -0.980. The van der Waals surface area contributed by atoms with Crippen molar-refractivity contribution in [2.75, 3.05) is 6.26 Å². The molecule has 2 bridgehead atoms. The maximum absolute atomic E-state index is 13.6. The number of carbonyl (C=O) groups excluding carboxylic acids is 1. The molecule has 0 aliphatic carbocycles. The van der Waals surface area contributed by atoms with E-state index in [1.54, 1.807) is 10.4 Å². The molecule has 2 aliphatic heterocycles. The van der Waals surface area contributed by atoms with Gasteiger partial charge >= 0.3 is 0 Å². The summed E-state index contributed by atoms with van der Waals surface area (Å²) in [6, 6.07) is 5.64. The highest BCUT2D eigenvalue weighted by Gasteiger charge is 2.45. The van der Waals surface area contributed by atoms with Crippen molar-refractivity contribution in [3.63, 3.8) is 0 Å². The Labute approximate surface area is 129 Å². The quantitative estimate of drug-likeness (QED) is 0.915. The van der Waals surface area contributed by atoms with Crippen LogP contribution in [0.4, 0.5) is 4.39 Å². The Morgan fingerprint density at radius 2 is 1.82 bits per heavy atom. The summed E-state index contributed by atoms with van der Waals surface area (Å²) in [5.41, 5.74) is 0.0281. The van der Waals surface area contributed by atoms with Crippen LogP contribution in [0.2, 0.25) is 0 Å². The third-order valence-corrected chi connectivity index (χ3v) is 5.86. The fourth-order valence-electron chi connectivity index (χ4n) is 3.70. The van der Waals surface area contributed by atoms with Crippen LogP contribution in [0.1, 0.15) is 36.0 Å². The van der Waals surface area contributed by atoms with Gasteiger partial charge in [0.15, 0.2) is 0 Å². The number of hydrogen-bond donors (Lipinski definition) is 1. The summed E-state index contributed by atoms with van der Waals surface area (Å²) in [4.78, 5) is 12.2. The predicted molar refractivity (Wildman–Crippen MR) is 80.4 cm³/mol. The molecule has 22 heavy (non-hydrogen) atoms. The Hall–Kier alpha value is -1.47. The minimum Gasteiger partial charge on any atom is -0.349 e. The van der Waals surface area contributed by atoms with Crippen LogP contribution in [0.3, 0.4) is 0 Å². The Morgan fingerprint density at radius 1 is 1.23 bits per heavy atom. The zero-order chi connectivity index (χ0) is 15.9. The van der Waals surface area contributed by atoms with E-state index in [1.807, 2.05) is 0 Å². The van der Waals surface area contributed by atoms with Gasteiger partial charge in [-0.2, -0.15) is 4.31 Å². The third-order valence-electron chi connectivity index (χ3n) is 4.50. The third kappa shape index (κ3) is 2.87. The molecule has 2 atom stereocenters. The number of nitrogens with zero attached hydrogens (tertiary/aromatic N) is 1. The molecule has 120 valence electrons. The fourth-order valence-corrected chi connectivity index (χ4v) is 5.17. The van der Waals surface area contributed by atoms with Gasteiger partial charge < -0.3 is 5.32 Å². The van der Waals surface area contributed by atoms with Crippen LogP contribution >= 0.6 is 0 Å². The Bertz CT molecular complexity index is 678. The molecule has 0 radical (unpaired) electrons. The van der Waals surface area contributed by atoms with Gasteiger partial charge in [0.2, 0.25) is 10.0 Å². The van der Waals surface area contributed by atoms with E-state index in [0.717, 1.165) is 12.8 Å². The van der Waals surface area contributed by atoms with Crippen LogP contribution in [0, 0.1) is 5.82 Å². The Morgan fingerprint density at radius 3 is 2.36 bits per heavy atom. The number of amides is 1. The van der Waals surface area contributed by atoms with Crippen LogP contribution in [0.25, 0.3) is 0 Å². The lowest BCUT2D eigenvalue weighted by Gasteiger charge is -2.37. The minimum atomic E-state index is -3.21. The van der Waals surface area contributed by atoms with Gasteiger partial charge in [0.25, 0.3) is 5.91 Å². The highest BCUT2D eigenvalue weighted by atomic mass is 32.2. The van der Waals surface area contributed by atoms with E-state index < -0.39 is 21.7 Å². The number of fused-ring (bicyclic) bond motifs is 2. The molecule has 7 heteroatoms. The molecule has 1 N–H and O–H groups in total. The molecule has 0 saturated carbocycles. The molecular weight excluding hydrogens is 307 g/mol. The Kier molecular flexibility index (Phi) is 3.94. The van der Waals surface area contributed by atoms with Gasteiger partial charge in [0.05, 0.1) is 11.8 Å². The standard InChI is InChI=1S/C15H19FN2O3S/c1-22(20,21)18-11-6-7-12(18)9-10(8-11)17-15(19)13-4-2-3-5-14(13)16/h2-5,10-12H,6-9H2,1H3,(H,17,19). The molecule has 3 rings (SSSR count). The molecule has 2 fully saturated rings. The lowest BCUT2D eigenvalue weighted by molar-refractivity contribution is 0.0905. The van der Waals surface area contributed by atoms with Gasteiger partial charge in [-0.05, 0) is 37.8 Å². The largest absolute Gasteiger partial charge is 0.349 e. The molecular formula is C15H19FN2O3S. The van der Waals surface area contributed by atoms with Crippen molar-refractivity contribution >= 4 is 15.9 Å². The second-order valence-electron chi connectivity index (χ2n) is 6.10. The van der Waals surface area contributed by atoms with E-state index in [-0.39, 0.29) is 23.7 Å². The number of hydrogen-bond acceptors (Lipinski definition) is 3. The molecule has 1 aromatic carbocycles. The van der Waals surface area contributed by atoms with Gasteiger partial charge in [-0.1, -0.05) is 12.1 Å². The van der Waals surface area contributed by atoms with Gasteiger partial charge in [-0.25, -0.2) is 12.8 Å². The first-order valence-corrected chi connectivity index (χ1v) is 9.25. The van der Waals surface area contributed by atoms with Gasteiger partial charge in [-0.15, -0.1) is 0 Å². The van der Waals surface area contributed by atoms with Crippen LogP contribution in [0.15, 0.2) is 24.3 Å². The molecule has 2 saturated heterocycles. The molecule has 5 nitrogen and oxygen atoms in total. The first-order chi connectivity index (χ1) is 10.4. The molecule has 0 spiro atoms. The fraction of sp³-hybridized carbons (Fsp3) is 0.533. The first-order valence-electron chi connectivity index (χ1n) is 7.40. The molecule has 2 heterocycles. The van der Waals surface area contributed by atoms with Gasteiger partial charge in [0, 0.05) is 18.1 Å². The Balaban J connectivity index is 1.70. The van der Waals surface area contributed by atoms with Crippen LogP contribution in [0.5, 0.6) is 0 Å². The van der Waals surface area contributed by atoms with Crippen molar-refractivity contribution in [1.82, 2.24) is 9.62 Å². The topological polar surface area (TPSA) is 66.5 Å².